The maximum absolute atomic E-state index is 6.27. The van der Waals surface area contributed by atoms with Crippen LogP contribution >= 0.6 is 11.8 Å². The number of pyridine rings is 1. The molecule has 0 saturated carbocycles. The first-order valence-electron chi connectivity index (χ1n) is 7.21. The molecule has 2 N–H and O–H groups in total. The van der Waals surface area contributed by atoms with Gasteiger partial charge in [-0.3, -0.25) is 4.98 Å². The molecule has 1 aromatic carbocycles. The number of fused-ring (bicyclic) bond motifs is 2. The molecule has 3 aromatic rings. The van der Waals surface area contributed by atoms with Gasteiger partial charge in [-0.2, -0.15) is 0 Å². The minimum Gasteiger partial charge on any atom is -0.396 e. The summed E-state index contributed by atoms with van der Waals surface area (Å²) in [7, 11) is 0. The number of unbranched alkanes of at least 4 members (excludes halogenated alkanes) is 2. The number of nitrogens with two attached hydrogens (primary N) is 1. The number of anilines is 1. The van der Waals surface area contributed by atoms with Crippen molar-refractivity contribution >= 4 is 39.1 Å². The molecular formula is C16H18N4S. The molecular weight excluding hydrogens is 280 g/mol. The average molecular weight is 298 g/mol. The molecule has 0 bridgehead atoms. The van der Waals surface area contributed by atoms with E-state index in [0.29, 0.717) is 5.69 Å². The SMILES string of the molecule is CCCCCSc1ncc2cc3cnccc3c(N)c2n1. The van der Waals surface area contributed by atoms with Crippen molar-refractivity contribution in [1.29, 1.82) is 0 Å². The van der Waals surface area contributed by atoms with Gasteiger partial charge in [0.2, 0.25) is 0 Å². The van der Waals surface area contributed by atoms with Crippen molar-refractivity contribution in [2.75, 3.05) is 11.5 Å². The molecule has 0 radical (unpaired) electrons. The molecule has 5 heteroatoms. The molecule has 2 heterocycles. The fraction of sp³-hybridized carbons (Fsp3) is 0.312. The Labute approximate surface area is 128 Å². The van der Waals surface area contributed by atoms with E-state index >= 15 is 0 Å². The molecule has 0 aliphatic rings. The number of aromatic nitrogens is 3. The van der Waals surface area contributed by atoms with Crippen molar-refractivity contribution in [2.45, 2.75) is 31.3 Å². The number of benzene rings is 1. The highest BCUT2D eigenvalue weighted by atomic mass is 32.2. The zero-order chi connectivity index (χ0) is 14.7. The van der Waals surface area contributed by atoms with Crippen molar-refractivity contribution in [1.82, 2.24) is 15.0 Å². The highest BCUT2D eigenvalue weighted by molar-refractivity contribution is 7.99. The second-order valence-electron chi connectivity index (χ2n) is 5.03. The summed E-state index contributed by atoms with van der Waals surface area (Å²) < 4.78 is 0. The number of nitrogens with zero attached hydrogens (tertiary/aromatic N) is 3. The van der Waals surface area contributed by atoms with Gasteiger partial charge < -0.3 is 5.73 Å². The summed E-state index contributed by atoms with van der Waals surface area (Å²) in [5, 5.41) is 3.79. The van der Waals surface area contributed by atoms with Gasteiger partial charge in [0.05, 0.1) is 11.2 Å². The minimum absolute atomic E-state index is 0.711. The minimum atomic E-state index is 0.711. The smallest absolute Gasteiger partial charge is 0.188 e. The Bertz CT molecular complexity index is 773. The Morgan fingerprint density at radius 1 is 1.19 bits per heavy atom. The van der Waals surface area contributed by atoms with Crippen LogP contribution in [0.15, 0.2) is 35.9 Å². The Morgan fingerprint density at radius 3 is 2.95 bits per heavy atom. The molecule has 0 atom stereocenters. The summed E-state index contributed by atoms with van der Waals surface area (Å²) in [6, 6.07) is 3.97. The van der Waals surface area contributed by atoms with E-state index in [1.54, 1.807) is 18.0 Å². The van der Waals surface area contributed by atoms with Gasteiger partial charge in [-0.25, -0.2) is 9.97 Å². The first-order chi connectivity index (χ1) is 10.3. The molecule has 2 aromatic heterocycles. The maximum atomic E-state index is 6.27. The fourth-order valence-electron chi connectivity index (χ4n) is 2.34. The number of nitrogen functional groups attached to an aromatic ring is 1. The maximum Gasteiger partial charge on any atom is 0.188 e. The summed E-state index contributed by atoms with van der Waals surface area (Å²) in [6.07, 6.45) is 9.10. The summed E-state index contributed by atoms with van der Waals surface area (Å²) in [5.41, 5.74) is 7.82. The summed E-state index contributed by atoms with van der Waals surface area (Å²) >= 11 is 1.70. The molecule has 4 nitrogen and oxygen atoms in total. The third-order valence-electron chi connectivity index (χ3n) is 3.48. The standard InChI is InChI=1S/C16H18N4S/c1-2-3-4-7-21-16-19-10-12-8-11-9-18-6-5-13(11)14(17)15(12)20-16/h5-6,8-10H,2-4,7,17H2,1H3. The largest absolute Gasteiger partial charge is 0.396 e. The van der Waals surface area contributed by atoms with Crippen LogP contribution in [0.3, 0.4) is 0 Å². The van der Waals surface area contributed by atoms with Crippen LogP contribution in [-0.2, 0) is 0 Å². The predicted molar refractivity (Wildman–Crippen MR) is 89.5 cm³/mol. The normalized spacial score (nSPS) is 11.3. The second kappa shape index (κ2) is 6.26. The van der Waals surface area contributed by atoms with Crippen molar-refractivity contribution in [3.63, 3.8) is 0 Å². The monoisotopic (exact) mass is 298 g/mol. The van der Waals surface area contributed by atoms with E-state index in [0.717, 1.165) is 32.6 Å². The van der Waals surface area contributed by atoms with Crippen LogP contribution in [0.1, 0.15) is 26.2 Å². The molecule has 108 valence electrons. The second-order valence-corrected chi connectivity index (χ2v) is 6.10. The average Bonchev–Trinajstić information content (AvgIpc) is 2.52. The molecule has 0 aliphatic carbocycles. The van der Waals surface area contributed by atoms with Crippen molar-refractivity contribution < 1.29 is 0 Å². The van der Waals surface area contributed by atoms with Gasteiger partial charge in [-0.1, -0.05) is 31.5 Å². The van der Waals surface area contributed by atoms with E-state index in [-0.39, 0.29) is 0 Å². The van der Waals surface area contributed by atoms with Crippen LogP contribution in [0.2, 0.25) is 0 Å². The quantitative estimate of drug-likeness (QED) is 0.253. The topological polar surface area (TPSA) is 64.7 Å². The van der Waals surface area contributed by atoms with Gasteiger partial charge in [0, 0.05) is 40.5 Å². The highest BCUT2D eigenvalue weighted by Gasteiger charge is 2.08. The van der Waals surface area contributed by atoms with Gasteiger partial charge in [0.1, 0.15) is 0 Å². The number of rotatable bonds is 5. The van der Waals surface area contributed by atoms with Gasteiger partial charge >= 0.3 is 0 Å². The van der Waals surface area contributed by atoms with E-state index in [1.807, 2.05) is 24.5 Å². The molecule has 0 aliphatic heterocycles. The van der Waals surface area contributed by atoms with Crippen molar-refractivity contribution in [3.05, 3.63) is 30.7 Å². The Kier molecular flexibility index (Phi) is 4.20. The van der Waals surface area contributed by atoms with Crippen molar-refractivity contribution in [2.24, 2.45) is 0 Å². The lowest BCUT2D eigenvalue weighted by Crippen LogP contribution is -1.95. The lowest BCUT2D eigenvalue weighted by atomic mass is 10.1. The van der Waals surface area contributed by atoms with Crippen molar-refractivity contribution in [3.8, 4) is 0 Å². The molecule has 3 rings (SSSR count). The molecule has 0 amide bonds. The lowest BCUT2D eigenvalue weighted by Gasteiger charge is -2.07. The van der Waals surface area contributed by atoms with Crippen LogP contribution < -0.4 is 5.73 Å². The third-order valence-corrected chi connectivity index (χ3v) is 4.43. The van der Waals surface area contributed by atoms with E-state index in [4.69, 9.17) is 5.73 Å². The van der Waals surface area contributed by atoms with Gasteiger partial charge in [-0.15, -0.1) is 0 Å². The summed E-state index contributed by atoms with van der Waals surface area (Å²) in [6.45, 7) is 2.21. The first-order valence-corrected chi connectivity index (χ1v) is 8.20. The summed E-state index contributed by atoms with van der Waals surface area (Å²) in [4.78, 5) is 13.2. The van der Waals surface area contributed by atoms with Gasteiger partial charge in [0.15, 0.2) is 5.16 Å². The molecule has 21 heavy (non-hydrogen) atoms. The molecule has 0 saturated heterocycles. The van der Waals surface area contributed by atoms with Crippen LogP contribution in [-0.4, -0.2) is 20.7 Å². The van der Waals surface area contributed by atoms with Gasteiger partial charge in [-0.05, 0) is 18.6 Å². The number of hydrogen-bond acceptors (Lipinski definition) is 5. The van der Waals surface area contributed by atoms with E-state index in [1.165, 1.54) is 19.3 Å². The van der Waals surface area contributed by atoms with E-state index < -0.39 is 0 Å². The Balaban J connectivity index is 1.96. The number of thioether (sulfide) groups is 1. The third kappa shape index (κ3) is 2.93. The lowest BCUT2D eigenvalue weighted by molar-refractivity contribution is 0.777. The predicted octanol–water partition coefficient (Wildman–Crippen LogP) is 4.04. The van der Waals surface area contributed by atoms with Crippen LogP contribution in [0.4, 0.5) is 5.69 Å². The van der Waals surface area contributed by atoms with Crippen LogP contribution in [0.25, 0.3) is 21.7 Å². The Morgan fingerprint density at radius 2 is 2.10 bits per heavy atom. The molecule has 0 spiro atoms. The highest BCUT2D eigenvalue weighted by Crippen LogP contribution is 2.29. The van der Waals surface area contributed by atoms with Crippen LogP contribution in [0, 0.1) is 0 Å². The fourth-order valence-corrected chi connectivity index (χ4v) is 3.16. The Hall–Kier alpha value is -1.88. The summed E-state index contributed by atoms with van der Waals surface area (Å²) in [5.74, 6) is 1.05. The first kappa shape index (κ1) is 14.1. The molecule has 0 fully saturated rings. The van der Waals surface area contributed by atoms with E-state index in [2.05, 4.69) is 21.9 Å². The zero-order valence-electron chi connectivity index (χ0n) is 12.0. The van der Waals surface area contributed by atoms with E-state index in [9.17, 15) is 0 Å². The van der Waals surface area contributed by atoms with Crippen LogP contribution in [0.5, 0.6) is 0 Å². The zero-order valence-corrected chi connectivity index (χ0v) is 12.9. The molecule has 0 unspecified atom stereocenters. The van der Waals surface area contributed by atoms with Gasteiger partial charge in [0.25, 0.3) is 0 Å². The number of hydrogen-bond donors (Lipinski definition) is 1.